The number of hydrogen-bond donors (Lipinski definition) is 1. The first kappa shape index (κ1) is 15.4. The number of rotatable bonds is 5. The van der Waals surface area contributed by atoms with Gasteiger partial charge in [-0.05, 0) is 31.2 Å². The predicted molar refractivity (Wildman–Crippen MR) is 92.6 cm³/mol. The number of nitro groups is 1. The summed E-state index contributed by atoms with van der Waals surface area (Å²) >= 11 is 0. The second-order valence-electron chi connectivity index (χ2n) is 5.12. The molecule has 120 valence electrons. The first-order chi connectivity index (χ1) is 11.6. The maximum Gasteiger partial charge on any atom is 0.313 e. The third kappa shape index (κ3) is 3.30. The SMILES string of the molecule is Cc1cc(/C=N\Nc2ncccc2[N+](=O)[O-])cn1-c1ccccc1. The Morgan fingerprint density at radius 2 is 2.04 bits per heavy atom. The van der Waals surface area contributed by atoms with Crippen LogP contribution in [0.3, 0.4) is 0 Å². The van der Waals surface area contributed by atoms with Crippen molar-refractivity contribution in [1.29, 1.82) is 0 Å². The Bertz CT molecular complexity index is 887. The Morgan fingerprint density at radius 3 is 2.79 bits per heavy atom. The molecule has 0 aliphatic heterocycles. The molecule has 0 atom stereocenters. The minimum absolute atomic E-state index is 0.109. The van der Waals surface area contributed by atoms with E-state index in [1.54, 1.807) is 6.21 Å². The Hall–Kier alpha value is -3.48. The lowest BCUT2D eigenvalue weighted by atomic mass is 10.3. The average Bonchev–Trinajstić information content (AvgIpc) is 2.97. The summed E-state index contributed by atoms with van der Waals surface area (Å²) in [5.74, 6) is 0.109. The molecule has 2 aromatic heterocycles. The van der Waals surface area contributed by atoms with E-state index in [2.05, 4.69) is 15.5 Å². The molecular weight excluding hydrogens is 306 g/mol. The summed E-state index contributed by atoms with van der Waals surface area (Å²) in [5.41, 5.74) is 5.50. The van der Waals surface area contributed by atoms with Crippen LogP contribution in [-0.2, 0) is 0 Å². The maximum absolute atomic E-state index is 10.9. The fourth-order valence-electron chi connectivity index (χ4n) is 2.33. The maximum atomic E-state index is 10.9. The average molecular weight is 321 g/mol. The van der Waals surface area contributed by atoms with E-state index in [1.807, 2.05) is 54.1 Å². The fraction of sp³-hybridized carbons (Fsp3) is 0.0588. The molecule has 1 aromatic carbocycles. The van der Waals surface area contributed by atoms with E-state index in [1.165, 1.54) is 18.3 Å². The van der Waals surface area contributed by atoms with Crippen LogP contribution in [-0.4, -0.2) is 20.7 Å². The fourth-order valence-corrected chi connectivity index (χ4v) is 2.33. The van der Waals surface area contributed by atoms with Crippen molar-refractivity contribution in [1.82, 2.24) is 9.55 Å². The number of hydrogen-bond acceptors (Lipinski definition) is 5. The van der Waals surface area contributed by atoms with Gasteiger partial charge in [0.15, 0.2) is 0 Å². The molecule has 0 aliphatic carbocycles. The minimum Gasteiger partial charge on any atom is -0.321 e. The third-order valence-electron chi connectivity index (χ3n) is 3.44. The summed E-state index contributed by atoms with van der Waals surface area (Å²) in [5, 5.41) is 15.0. The summed E-state index contributed by atoms with van der Waals surface area (Å²) in [6.45, 7) is 2.00. The highest BCUT2D eigenvalue weighted by Crippen LogP contribution is 2.20. The highest BCUT2D eigenvalue weighted by Gasteiger charge is 2.12. The molecule has 7 nitrogen and oxygen atoms in total. The molecule has 3 rings (SSSR count). The van der Waals surface area contributed by atoms with Crippen molar-refractivity contribution in [2.75, 3.05) is 5.43 Å². The van der Waals surface area contributed by atoms with Gasteiger partial charge in [-0.3, -0.25) is 15.5 Å². The van der Waals surface area contributed by atoms with Crippen LogP contribution in [0.5, 0.6) is 0 Å². The van der Waals surface area contributed by atoms with Gasteiger partial charge in [0.05, 0.1) is 11.1 Å². The molecule has 0 fully saturated rings. The molecule has 3 aromatic rings. The van der Waals surface area contributed by atoms with E-state index in [0.29, 0.717) is 0 Å². The van der Waals surface area contributed by atoms with E-state index in [0.717, 1.165) is 16.9 Å². The normalized spacial score (nSPS) is 10.9. The zero-order chi connectivity index (χ0) is 16.9. The minimum atomic E-state index is -0.499. The number of nitrogens with one attached hydrogen (secondary N) is 1. The predicted octanol–water partition coefficient (Wildman–Crippen LogP) is 3.53. The molecule has 0 amide bonds. The number of pyridine rings is 1. The molecule has 0 radical (unpaired) electrons. The monoisotopic (exact) mass is 321 g/mol. The first-order valence-electron chi connectivity index (χ1n) is 7.28. The van der Waals surface area contributed by atoms with Crippen LogP contribution in [0, 0.1) is 17.0 Å². The van der Waals surface area contributed by atoms with E-state index in [4.69, 9.17) is 0 Å². The van der Waals surface area contributed by atoms with Gasteiger partial charge in [0.2, 0.25) is 5.82 Å². The lowest BCUT2D eigenvalue weighted by molar-refractivity contribution is -0.384. The highest BCUT2D eigenvalue weighted by molar-refractivity contribution is 5.80. The Kier molecular flexibility index (Phi) is 4.33. The summed E-state index contributed by atoms with van der Waals surface area (Å²) in [6.07, 6.45) is 5.02. The Labute approximate surface area is 138 Å². The van der Waals surface area contributed by atoms with Crippen LogP contribution in [0.2, 0.25) is 0 Å². The lowest BCUT2D eigenvalue weighted by Gasteiger charge is -2.04. The summed E-state index contributed by atoms with van der Waals surface area (Å²) < 4.78 is 2.05. The Balaban J connectivity index is 1.78. The van der Waals surface area contributed by atoms with E-state index in [9.17, 15) is 10.1 Å². The smallest absolute Gasteiger partial charge is 0.313 e. The van der Waals surface area contributed by atoms with Gasteiger partial charge in [-0.2, -0.15) is 5.10 Å². The topological polar surface area (TPSA) is 85.3 Å². The van der Waals surface area contributed by atoms with Crippen LogP contribution < -0.4 is 5.43 Å². The van der Waals surface area contributed by atoms with Crippen LogP contribution in [0.1, 0.15) is 11.3 Å². The van der Waals surface area contributed by atoms with Crippen molar-refractivity contribution >= 4 is 17.7 Å². The van der Waals surface area contributed by atoms with Crippen LogP contribution in [0.15, 0.2) is 66.0 Å². The van der Waals surface area contributed by atoms with Gasteiger partial charge in [-0.15, -0.1) is 0 Å². The summed E-state index contributed by atoms with van der Waals surface area (Å²) in [4.78, 5) is 14.4. The molecule has 2 heterocycles. The van der Waals surface area contributed by atoms with Crippen molar-refractivity contribution in [2.45, 2.75) is 6.92 Å². The molecule has 0 aliphatic rings. The van der Waals surface area contributed by atoms with Crippen molar-refractivity contribution < 1.29 is 4.92 Å². The van der Waals surface area contributed by atoms with Crippen molar-refractivity contribution in [3.8, 4) is 5.69 Å². The number of aromatic nitrogens is 2. The van der Waals surface area contributed by atoms with E-state index >= 15 is 0 Å². The van der Waals surface area contributed by atoms with Gasteiger partial charge >= 0.3 is 5.69 Å². The van der Waals surface area contributed by atoms with Gasteiger partial charge in [0.1, 0.15) is 0 Å². The van der Waals surface area contributed by atoms with Crippen LogP contribution >= 0.6 is 0 Å². The summed E-state index contributed by atoms with van der Waals surface area (Å²) in [6, 6.07) is 14.8. The summed E-state index contributed by atoms with van der Waals surface area (Å²) in [7, 11) is 0. The molecule has 24 heavy (non-hydrogen) atoms. The lowest BCUT2D eigenvalue weighted by Crippen LogP contribution is -1.98. The Morgan fingerprint density at radius 1 is 1.25 bits per heavy atom. The van der Waals surface area contributed by atoms with Crippen LogP contribution in [0.4, 0.5) is 11.5 Å². The zero-order valence-electron chi connectivity index (χ0n) is 13.0. The largest absolute Gasteiger partial charge is 0.321 e. The van der Waals surface area contributed by atoms with Crippen LogP contribution in [0.25, 0.3) is 5.69 Å². The van der Waals surface area contributed by atoms with E-state index in [-0.39, 0.29) is 11.5 Å². The number of para-hydroxylation sites is 1. The molecule has 1 N–H and O–H groups in total. The van der Waals surface area contributed by atoms with Gasteiger partial charge < -0.3 is 4.57 Å². The van der Waals surface area contributed by atoms with Gasteiger partial charge in [0.25, 0.3) is 0 Å². The standard InChI is InChI=1S/C17H15N5O2/c1-13-10-14(12-21(13)15-6-3-2-4-7-15)11-19-20-17-16(22(23)24)8-5-9-18-17/h2-12H,1H3,(H,18,20)/b19-11-. The second kappa shape index (κ2) is 6.74. The van der Waals surface area contributed by atoms with Gasteiger partial charge in [-0.1, -0.05) is 18.2 Å². The molecule has 0 unspecified atom stereocenters. The first-order valence-corrected chi connectivity index (χ1v) is 7.28. The zero-order valence-corrected chi connectivity index (χ0v) is 13.0. The number of aryl methyl sites for hydroxylation is 1. The molecule has 0 spiro atoms. The number of hydrazone groups is 1. The number of anilines is 1. The van der Waals surface area contributed by atoms with Gasteiger partial charge in [-0.25, -0.2) is 4.98 Å². The third-order valence-corrected chi connectivity index (χ3v) is 3.44. The molecular formula is C17H15N5O2. The van der Waals surface area contributed by atoms with Crippen molar-refractivity contribution in [3.05, 3.63) is 82.3 Å². The molecule has 0 saturated carbocycles. The molecule has 0 bridgehead atoms. The number of nitrogens with zero attached hydrogens (tertiary/aromatic N) is 4. The van der Waals surface area contributed by atoms with Crippen molar-refractivity contribution in [2.24, 2.45) is 5.10 Å². The highest BCUT2D eigenvalue weighted by atomic mass is 16.6. The molecule has 0 saturated heterocycles. The van der Waals surface area contributed by atoms with E-state index < -0.39 is 4.92 Å². The van der Waals surface area contributed by atoms with Crippen molar-refractivity contribution in [3.63, 3.8) is 0 Å². The number of benzene rings is 1. The quantitative estimate of drug-likeness (QED) is 0.442. The van der Waals surface area contributed by atoms with Gasteiger partial charge in [0, 0.05) is 35.4 Å². The second-order valence-corrected chi connectivity index (χ2v) is 5.12. The molecule has 7 heteroatoms.